The van der Waals surface area contributed by atoms with Crippen LogP contribution < -0.4 is 0 Å². The highest BCUT2D eigenvalue weighted by atomic mass is 35.5. The Labute approximate surface area is 125 Å². The van der Waals surface area contributed by atoms with Crippen molar-refractivity contribution in [2.75, 3.05) is 26.8 Å². The van der Waals surface area contributed by atoms with E-state index in [0.29, 0.717) is 5.02 Å². The third-order valence-electron chi connectivity index (χ3n) is 4.45. The maximum atomic E-state index is 6.01. The zero-order valence-corrected chi connectivity index (χ0v) is 12.6. The number of piperidine rings is 1. The van der Waals surface area contributed by atoms with Gasteiger partial charge in [0.15, 0.2) is 0 Å². The first kappa shape index (κ1) is 14.3. The predicted octanol–water partition coefficient (Wildman–Crippen LogP) is 2.50. The van der Waals surface area contributed by atoms with Crippen LogP contribution in [0.25, 0.3) is 0 Å². The van der Waals surface area contributed by atoms with Gasteiger partial charge in [0.25, 0.3) is 0 Å². The van der Waals surface area contributed by atoms with Crippen molar-refractivity contribution in [3.63, 3.8) is 0 Å². The maximum absolute atomic E-state index is 6.01. The van der Waals surface area contributed by atoms with Gasteiger partial charge in [0.05, 0.1) is 22.4 Å². The highest BCUT2D eigenvalue weighted by molar-refractivity contribution is 6.30. The van der Waals surface area contributed by atoms with Crippen LogP contribution in [0, 0.1) is 0 Å². The Kier molecular flexibility index (Phi) is 4.26. The number of nitrogens with zero attached hydrogens (tertiary/aromatic N) is 2. The number of halogens is 1. The normalized spacial score (nSPS) is 31.0. The zero-order valence-electron chi connectivity index (χ0n) is 11.8. The molecule has 0 saturated carbocycles. The van der Waals surface area contributed by atoms with Crippen LogP contribution in [0.3, 0.4) is 0 Å². The molecule has 0 radical (unpaired) electrons. The van der Waals surface area contributed by atoms with Crippen LogP contribution in [0.15, 0.2) is 18.3 Å². The summed E-state index contributed by atoms with van der Waals surface area (Å²) in [5, 5.41) is 0.681. The van der Waals surface area contributed by atoms with Gasteiger partial charge < -0.3 is 9.47 Å². The molecule has 3 heterocycles. The fourth-order valence-corrected chi connectivity index (χ4v) is 3.44. The number of hydrogen-bond acceptors (Lipinski definition) is 4. The molecule has 0 aromatic carbocycles. The molecule has 2 aliphatic heterocycles. The van der Waals surface area contributed by atoms with Crippen molar-refractivity contribution < 1.29 is 9.47 Å². The van der Waals surface area contributed by atoms with E-state index in [1.807, 2.05) is 12.1 Å². The van der Waals surface area contributed by atoms with Gasteiger partial charge in [-0.2, -0.15) is 0 Å². The quantitative estimate of drug-likeness (QED) is 0.858. The lowest BCUT2D eigenvalue weighted by Gasteiger charge is -2.44. The van der Waals surface area contributed by atoms with Gasteiger partial charge in [-0.05, 0) is 31.4 Å². The van der Waals surface area contributed by atoms with Gasteiger partial charge in [0, 0.05) is 39.5 Å². The predicted molar refractivity (Wildman–Crippen MR) is 77.9 cm³/mol. The molecule has 2 aliphatic rings. The molecular formula is C15H21ClN2O2. The van der Waals surface area contributed by atoms with E-state index in [1.165, 1.54) is 0 Å². The summed E-state index contributed by atoms with van der Waals surface area (Å²) in [6.07, 6.45) is 5.18. The average molecular weight is 297 g/mol. The second-order valence-corrected chi connectivity index (χ2v) is 6.13. The van der Waals surface area contributed by atoms with Crippen LogP contribution >= 0.6 is 11.6 Å². The number of hydrogen-bond donors (Lipinski definition) is 0. The molecular weight excluding hydrogens is 276 g/mol. The van der Waals surface area contributed by atoms with Crippen molar-refractivity contribution in [3.05, 3.63) is 29.0 Å². The summed E-state index contributed by atoms with van der Waals surface area (Å²) in [7, 11) is 1.79. The molecule has 2 fully saturated rings. The van der Waals surface area contributed by atoms with Gasteiger partial charge >= 0.3 is 0 Å². The Bertz CT molecular complexity index is 446. The number of likely N-dealkylation sites (tertiary alicyclic amines) is 1. The minimum Gasteiger partial charge on any atom is -0.377 e. The lowest BCUT2D eigenvalue weighted by Crippen LogP contribution is -2.55. The molecule has 0 unspecified atom stereocenters. The van der Waals surface area contributed by atoms with Gasteiger partial charge in [-0.15, -0.1) is 0 Å². The second-order valence-electron chi connectivity index (χ2n) is 5.69. The van der Waals surface area contributed by atoms with Crippen molar-refractivity contribution in [3.8, 4) is 0 Å². The van der Waals surface area contributed by atoms with E-state index < -0.39 is 0 Å². The van der Waals surface area contributed by atoms with Gasteiger partial charge in [0.1, 0.15) is 0 Å². The van der Waals surface area contributed by atoms with E-state index in [9.17, 15) is 0 Å². The summed E-state index contributed by atoms with van der Waals surface area (Å²) in [4.78, 5) is 6.75. The number of rotatable bonds is 3. The summed E-state index contributed by atoms with van der Waals surface area (Å²) in [5.41, 5.74) is 1.01. The van der Waals surface area contributed by atoms with Gasteiger partial charge in [-0.1, -0.05) is 11.6 Å². The number of pyridine rings is 1. The zero-order chi connectivity index (χ0) is 14.0. The average Bonchev–Trinajstić information content (AvgIpc) is 2.93. The summed E-state index contributed by atoms with van der Waals surface area (Å²) in [6.45, 7) is 3.65. The molecule has 0 amide bonds. The van der Waals surface area contributed by atoms with E-state index in [1.54, 1.807) is 13.3 Å². The minimum atomic E-state index is -0.0430. The van der Waals surface area contributed by atoms with Crippen LogP contribution in [0.1, 0.15) is 25.0 Å². The molecule has 5 heteroatoms. The lowest BCUT2D eigenvalue weighted by molar-refractivity contribution is -0.143. The third-order valence-corrected chi connectivity index (χ3v) is 4.68. The number of methoxy groups -OCH3 is 1. The van der Waals surface area contributed by atoms with Crippen LogP contribution in [0.4, 0.5) is 0 Å². The second kappa shape index (κ2) is 5.98. The molecule has 0 N–H and O–H groups in total. The third kappa shape index (κ3) is 2.84. The van der Waals surface area contributed by atoms with Crippen molar-refractivity contribution in [1.29, 1.82) is 0 Å². The summed E-state index contributed by atoms with van der Waals surface area (Å²) in [5.74, 6) is 0. The van der Waals surface area contributed by atoms with Crippen molar-refractivity contribution in [1.82, 2.24) is 9.88 Å². The molecule has 20 heavy (non-hydrogen) atoms. The number of ether oxygens (including phenoxy) is 2. The topological polar surface area (TPSA) is 34.6 Å². The number of aromatic nitrogens is 1. The molecule has 1 aromatic heterocycles. The Morgan fingerprint density at radius 3 is 3.05 bits per heavy atom. The minimum absolute atomic E-state index is 0.0430. The van der Waals surface area contributed by atoms with Gasteiger partial charge in [-0.3, -0.25) is 9.88 Å². The fraction of sp³-hybridized carbons (Fsp3) is 0.667. The van der Waals surface area contributed by atoms with Crippen molar-refractivity contribution >= 4 is 11.6 Å². The molecule has 0 aliphatic carbocycles. The highest BCUT2D eigenvalue weighted by Crippen LogP contribution is 2.37. The maximum Gasteiger partial charge on any atom is 0.0987 e. The van der Waals surface area contributed by atoms with Crippen LogP contribution in [-0.4, -0.2) is 48.4 Å². The summed E-state index contributed by atoms with van der Waals surface area (Å²) >= 11 is 5.87. The van der Waals surface area contributed by atoms with Crippen LogP contribution in [0.2, 0.25) is 5.02 Å². The standard InChI is InChI=1S/C15H21ClN2O2/c1-19-14-11-18(7-6-15(14)5-2-8-20-15)10-13-4-3-12(16)9-17-13/h3-4,9,14H,2,5-8,10-11H2,1H3/t14-,15-/m0/s1. The Morgan fingerprint density at radius 1 is 1.50 bits per heavy atom. The SMILES string of the molecule is CO[C@H]1CN(Cc2ccc(Cl)cn2)CC[C@@]12CCCO2. The summed E-state index contributed by atoms with van der Waals surface area (Å²) < 4.78 is 11.7. The molecule has 1 aromatic rings. The fourth-order valence-electron chi connectivity index (χ4n) is 3.33. The molecule has 4 nitrogen and oxygen atoms in total. The molecule has 1 spiro atoms. The first-order valence-electron chi connectivity index (χ1n) is 7.21. The van der Waals surface area contributed by atoms with Gasteiger partial charge in [0.2, 0.25) is 0 Å². The van der Waals surface area contributed by atoms with Crippen molar-refractivity contribution in [2.24, 2.45) is 0 Å². The first-order chi connectivity index (χ1) is 9.72. The largest absolute Gasteiger partial charge is 0.377 e. The van der Waals surface area contributed by atoms with E-state index in [4.69, 9.17) is 21.1 Å². The monoisotopic (exact) mass is 296 g/mol. The Hall–Kier alpha value is -0.680. The van der Waals surface area contributed by atoms with Crippen molar-refractivity contribution in [2.45, 2.75) is 37.5 Å². The van der Waals surface area contributed by atoms with E-state index >= 15 is 0 Å². The lowest BCUT2D eigenvalue weighted by atomic mass is 9.86. The molecule has 0 bridgehead atoms. The van der Waals surface area contributed by atoms with Gasteiger partial charge in [-0.25, -0.2) is 0 Å². The molecule has 2 atom stereocenters. The highest BCUT2D eigenvalue weighted by Gasteiger charge is 2.46. The molecule has 2 saturated heterocycles. The van der Waals surface area contributed by atoms with Crippen LogP contribution in [0.5, 0.6) is 0 Å². The Morgan fingerprint density at radius 2 is 2.40 bits per heavy atom. The molecule has 110 valence electrons. The van der Waals surface area contributed by atoms with E-state index in [2.05, 4.69) is 9.88 Å². The summed E-state index contributed by atoms with van der Waals surface area (Å²) in [6, 6.07) is 3.88. The van der Waals surface area contributed by atoms with E-state index in [0.717, 1.165) is 51.2 Å². The smallest absolute Gasteiger partial charge is 0.0987 e. The first-order valence-corrected chi connectivity index (χ1v) is 7.59. The molecule has 3 rings (SSSR count). The van der Waals surface area contributed by atoms with Crippen LogP contribution in [-0.2, 0) is 16.0 Å². The van der Waals surface area contributed by atoms with E-state index in [-0.39, 0.29) is 11.7 Å². The Balaban J connectivity index is 1.64.